The molecule has 5 heteroatoms. The molecule has 0 radical (unpaired) electrons. The zero-order chi connectivity index (χ0) is 13.7. The second kappa shape index (κ2) is 6.82. The SMILES string of the molecule is CCCCCC(=O)/C=C/[C@@H]1OCO[C@@H]2CC(=O)O[C@H]12. The van der Waals surface area contributed by atoms with E-state index in [-0.39, 0.29) is 37.2 Å². The first-order valence-corrected chi connectivity index (χ1v) is 6.84. The van der Waals surface area contributed by atoms with Gasteiger partial charge in [-0.15, -0.1) is 0 Å². The van der Waals surface area contributed by atoms with E-state index in [1.54, 1.807) is 6.08 Å². The Morgan fingerprint density at radius 1 is 1.37 bits per heavy atom. The maximum Gasteiger partial charge on any atom is 0.309 e. The van der Waals surface area contributed by atoms with E-state index in [1.165, 1.54) is 6.08 Å². The van der Waals surface area contributed by atoms with Crippen molar-refractivity contribution < 1.29 is 23.8 Å². The zero-order valence-corrected chi connectivity index (χ0v) is 11.2. The Labute approximate surface area is 112 Å². The topological polar surface area (TPSA) is 61.8 Å². The third kappa shape index (κ3) is 3.88. The van der Waals surface area contributed by atoms with Crippen molar-refractivity contribution in [1.82, 2.24) is 0 Å². The maximum atomic E-state index is 11.6. The summed E-state index contributed by atoms with van der Waals surface area (Å²) in [5.74, 6) is -0.183. The molecular formula is C14H20O5. The molecule has 0 aromatic heterocycles. The van der Waals surface area contributed by atoms with Crippen LogP contribution in [-0.2, 0) is 23.8 Å². The van der Waals surface area contributed by atoms with Crippen molar-refractivity contribution in [2.75, 3.05) is 6.79 Å². The fourth-order valence-corrected chi connectivity index (χ4v) is 2.29. The second-order valence-electron chi connectivity index (χ2n) is 4.90. The van der Waals surface area contributed by atoms with Gasteiger partial charge in [-0.1, -0.05) is 19.8 Å². The molecule has 2 aliphatic heterocycles. The molecule has 0 amide bonds. The van der Waals surface area contributed by atoms with Gasteiger partial charge in [0.1, 0.15) is 19.0 Å². The Morgan fingerprint density at radius 3 is 3.00 bits per heavy atom. The van der Waals surface area contributed by atoms with Gasteiger partial charge in [0.05, 0.1) is 6.42 Å². The molecule has 2 rings (SSSR count). The van der Waals surface area contributed by atoms with Crippen molar-refractivity contribution in [3.63, 3.8) is 0 Å². The Morgan fingerprint density at radius 2 is 2.21 bits per heavy atom. The maximum absolute atomic E-state index is 11.6. The molecule has 2 heterocycles. The molecule has 3 atom stereocenters. The Kier molecular flexibility index (Phi) is 5.10. The Bertz CT molecular complexity index is 363. The number of ether oxygens (including phenoxy) is 3. The summed E-state index contributed by atoms with van der Waals surface area (Å²) in [5, 5.41) is 0. The summed E-state index contributed by atoms with van der Waals surface area (Å²) < 4.78 is 15.8. The monoisotopic (exact) mass is 268 g/mol. The van der Waals surface area contributed by atoms with Crippen molar-refractivity contribution in [1.29, 1.82) is 0 Å². The normalized spacial score (nSPS) is 30.4. The molecule has 2 fully saturated rings. The number of hydrogen-bond donors (Lipinski definition) is 0. The summed E-state index contributed by atoms with van der Waals surface area (Å²) in [6, 6.07) is 0. The van der Waals surface area contributed by atoms with Crippen LogP contribution in [-0.4, -0.2) is 36.9 Å². The molecule has 0 aromatic rings. The predicted octanol–water partition coefficient (Wildman–Crippen LogP) is 1.75. The lowest BCUT2D eigenvalue weighted by molar-refractivity contribution is -0.202. The van der Waals surface area contributed by atoms with E-state index in [9.17, 15) is 9.59 Å². The fourth-order valence-electron chi connectivity index (χ4n) is 2.29. The van der Waals surface area contributed by atoms with Gasteiger partial charge in [0.2, 0.25) is 0 Å². The van der Waals surface area contributed by atoms with Gasteiger partial charge in [0, 0.05) is 6.42 Å². The minimum absolute atomic E-state index is 0.0874. The molecule has 0 unspecified atom stereocenters. The number of ketones is 1. The number of hydrogen-bond acceptors (Lipinski definition) is 5. The third-order valence-corrected chi connectivity index (χ3v) is 3.37. The van der Waals surface area contributed by atoms with Gasteiger partial charge in [0.15, 0.2) is 11.9 Å². The lowest BCUT2D eigenvalue weighted by Crippen LogP contribution is -2.42. The first kappa shape index (κ1) is 14.2. The number of unbranched alkanes of at least 4 members (excludes halogenated alkanes) is 2. The van der Waals surface area contributed by atoms with Crippen molar-refractivity contribution in [3.8, 4) is 0 Å². The van der Waals surface area contributed by atoms with Crippen LogP contribution in [0.25, 0.3) is 0 Å². The van der Waals surface area contributed by atoms with Gasteiger partial charge in [-0.2, -0.15) is 0 Å². The van der Waals surface area contributed by atoms with E-state index in [1.807, 2.05) is 0 Å². The molecule has 5 nitrogen and oxygen atoms in total. The average molecular weight is 268 g/mol. The lowest BCUT2D eigenvalue weighted by atomic mass is 10.0. The van der Waals surface area contributed by atoms with Gasteiger partial charge in [0.25, 0.3) is 0 Å². The molecular weight excluding hydrogens is 248 g/mol. The zero-order valence-electron chi connectivity index (χ0n) is 11.2. The van der Waals surface area contributed by atoms with Crippen molar-refractivity contribution in [2.24, 2.45) is 0 Å². The first-order chi connectivity index (χ1) is 9.20. The van der Waals surface area contributed by atoms with E-state index in [0.717, 1.165) is 19.3 Å². The summed E-state index contributed by atoms with van der Waals surface area (Å²) in [4.78, 5) is 22.9. The van der Waals surface area contributed by atoms with E-state index < -0.39 is 6.10 Å². The van der Waals surface area contributed by atoms with Crippen LogP contribution in [0.1, 0.15) is 39.0 Å². The lowest BCUT2D eigenvalue weighted by Gasteiger charge is -2.29. The third-order valence-electron chi connectivity index (χ3n) is 3.37. The second-order valence-corrected chi connectivity index (χ2v) is 4.90. The van der Waals surface area contributed by atoms with Crippen molar-refractivity contribution in [2.45, 2.75) is 57.3 Å². The van der Waals surface area contributed by atoms with E-state index in [4.69, 9.17) is 14.2 Å². The van der Waals surface area contributed by atoms with Crippen LogP contribution in [0.2, 0.25) is 0 Å². The summed E-state index contributed by atoms with van der Waals surface area (Å²) in [5.41, 5.74) is 0. The number of esters is 1. The van der Waals surface area contributed by atoms with Gasteiger partial charge >= 0.3 is 5.97 Å². The highest BCUT2D eigenvalue weighted by atomic mass is 16.7. The van der Waals surface area contributed by atoms with Gasteiger partial charge in [-0.3, -0.25) is 9.59 Å². The number of fused-ring (bicyclic) bond motifs is 1. The van der Waals surface area contributed by atoms with Crippen LogP contribution in [0.5, 0.6) is 0 Å². The predicted molar refractivity (Wildman–Crippen MR) is 67.4 cm³/mol. The molecule has 0 spiro atoms. The minimum atomic E-state index is -0.416. The van der Waals surface area contributed by atoms with Crippen molar-refractivity contribution in [3.05, 3.63) is 12.2 Å². The average Bonchev–Trinajstić information content (AvgIpc) is 2.77. The van der Waals surface area contributed by atoms with E-state index in [2.05, 4.69) is 6.92 Å². The largest absolute Gasteiger partial charge is 0.456 e. The summed E-state index contributed by atoms with van der Waals surface area (Å²) in [7, 11) is 0. The molecule has 0 aromatic carbocycles. The highest BCUT2D eigenvalue weighted by molar-refractivity contribution is 5.89. The number of carbonyl (C=O) groups is 2. The van der Waals surface area contributed by atoms with Gasteiger partial charge < -0.3 is 14.2 Å². The summed E-state index contributed by atoms with van der Waals surface area (Å²) >= 11 is 0. The molecule has 19 heavy (non-hydrogen) atoms. The number of allylic oxidation sites excluding steroid dienone is 1. The highest BCUT2D eigenvalue weighted by Gasteiger charge is 2.43. The number of carbonyl (C=O) groups excluding carboxylic acids is 2. The molecule has 106 valence electrons. The molecule has 2 aliphatic rings. The first-order valence-electron chi connectivity index (χ1n) is 6.84. The quantitative estimate of drug-likeness (QED) is 0.417. The smallest absolute Gasteiger partial charge is 0.309 e. The van der Waals surface area contributed by atoms with Crippen LogP contribution in [0.15, 0.2) is 12.2 Å². The van der Waals surface area contributed by atoms with Crippen LogP contribution in [0, 0.1) is 0 Å². The molecule has 0 saturated carbocycles. The van der Waals surface area contributed by atoms with E-state index in [0.29, 0.717) is 6.42 Å². The molecule has 0 N–H and O–H groups in total. The Hall–Kier alpha value is -1.20. The number of rotatable bonds is 6. The fraction of sp³-hybridized carbons (Fsp3) is 0.714. The summed E-state index contributed by atoms with van der Waals surface area (Å²) in [6.45, 7) is 2.24. The van der Waals surface area contributed by atoms with Gasteiger partial charge in [-0.05, 0) is 18.6 Å². The summed E-state index contributed by atoms with van der Waals surface area (Å²) in [6.07, 6.45) is 6.09. The highest BCUT2D eigenvalue weighted by Crippen LogP contribution is 2.27. The van der Waals surface area contributed by atoms with E-state index >= 15 is 0 Å². The Balaban J connectivity index is 1.83. The van der Waals surface area contributed by atoms with Crippen LogP contribution in [0.3, 0.4) is 0 Å². The standard InChI is InChI=1S/C14H20O5/c1-2-3-4-5-10(15)6-7-11-14-12(18-9-17-11)8-13(16)19-14/h6-7,11-12,14H,2-5,8-9H2,1H3/b7-6+/t11-,12+,14+/m0/s1. The molecule has 2 saturated heterocycles. The van der Waals surface area contributed by atoms with Crippen LogP contribution >= 0.6 is 0 Å². The molecule has 0 aliphatic carbocycles. The van der Waals surface area contributed by atoms with Gasteiger partial charge in [-0.25, -0.2) is 0 Å². The van der Waals surface area contributed by atoms with Crippen LogP contribution in [0.4, 0.5) is 0 Å². The minimum Gasteiger partial charge on any atom is -0.456 e. The van der Waals surface area contributed by atoms with Crippen LogP contribution < -0.4 is 0 Å². The van der Waals surface area contributed by atoms with Crippen molar-refractivity contribution >= 4 is 11.8 Å². The molecule has 0 bridgehead atoms.